The summed E-state index contributed by atoms with van der Waals surface area (Å²) in [5, 5.41) is 11.9. The van der Waals surface area contributed by atoms with Gasteiger partial charge >= 0.3 is 0 Å². The van der Waals surface area contributed by atoms with Crippen LogP contribution in [0.5, 0.6) is 0 Å². The lowest BCUT2D eigenvalue weighted by Crippen LogP contribution is -1.68. The zero-order valence-electron chi connectivity index (χ0n) is 5.18. The maximum absolute atomic E-state index is 9.41. The second-order valence-electron chi connectivity index (χ2n) is 1.71. The van der Waals surface area contributed by atoms with Gasteiger partial charge in [0.2, 0.25) is 0 Å². The molecule has 0 aliphatic heterocycles. The second-order valence-corrected chi connectivity index (χ2v) is 1.71. The van der Waals surface area contributed by atoms with Gasteiger partial charge in [0.15, 0.2) is 0 Å². The molecule has 0 aliphatic carbocycles. The van der Waals surface area contributed by atoms with Gasteiger partial charge in [0.25, 0.3) is 6.07 Å². The highest BCUT2D eigenvalue weighted by Crippen LogP contribution is 1.96. The average molecular weight is 113 g/mol. The first kappa shape index (κ1) is 7.29. The molecule has 46 valence electrons. The van der Waals surface area contributed by atoms with Crippen LogP contribution in [0.1, 0.15) is 32.6 Å². The van der Waals surface area contributed by atoms with Crippen LogP contribution < -0.4 is 0 Å². The predicted octanol–water partition coefficient (Wildman–Crippen LogP) is 2.40. The van der Waals surface area contributed by atoms with Crippen LogP contribution in [0.3, 0.4) is 0 Å². The SMILES string of the molecule is CCCCCC#[N+][O-]. The molecule has 0 aliphatic rings. The molecule has 0 atom stereocenters. The number of unbranched alkanes of at least 4 members (excludes halogenated alkanes) is 3. The first-order chi connectivity index (χ1) is 3.91. The van der Waals surface area contributed by atoms with E-state index in [1.807, 2.05) is 0 Å². The molecule has 0 aromatic carbocycles. The number of rotatable bonds is 3. The summed E-state index contributed by atoms with van der Waals surface area (Å²) in [7, 11) is 0. The molecular formula is C6H11NO. The van der Waals surface area contributed by atoms with E-state index in [0.29, 0.717) is 0 Å². The highest BCUT2D eigenvalue weighted by Gasteiger charge is 1.84. The van der Waals surface area contributed by atoms with Crippen molar-refractivity contribution in [1.82, 2.24) is 0 Å². The van der Waals surface area contributed by atoms with Crippen molar-refractivity contribution in [2.75, 3.05) is 0 Å². The Morgan fingerprint density at radius 3 is 2.75 bits per heavy atom. The third kappa shape index (κ3) is 5.29. The van der Waals surface area contributed by atoms with Crippen molar-refractivity contribution in [2.45, 2.75) is 32.6 Å². The lowest BCUT2D eigenvalue weighted by molar-refractivity contribution is 0.737. The van der Waals surface area contributed by atoms with Gasteiger partial charge in [0.05, 0.1) is 6.42 Å². The molecule has 2 nitrogen and oxygen atoms in total. The van der Waals surface area contributed by atoms with Gasteiger partial charge in [-0.15, -0.1) is 0 Å². The molecule has 0 aromatic rings. The van der Waals surface area contributed by atoms with Gasteiger partial charge in [-0.25, -0.2) is 0 Å². The molecule has 0 saturated carbocycles. The van der Waals surface area contributed by atoms with Crippen molar-refractivity contribution in [1.29, 1.82) is 0 Å². The minimum Gasteiger partial charge on any atom is -0.498 e. The van der Waals surface area contributed by atoms with E-state index >= 15 is 0 Å². The lowest BCUT2D eigenvalue weighted by Gasteiger charge is -1.83. The highest BCUT2D eigenvalue weighted by molar-refractivity contribution is 4.85. The monoisotopic (exact) mass is 113 g/mol. The fraction of sp³-hybridized carbons (Fsp3) is 0.833. The molecule has 0 amide bonds. The molecule has 0 bridgehead atoms. The summed E-state index contributed by atoms with van der Waals surface area (Å²) in [6, 6.07) is 2.35. The Morgan fingerprint density at radius 2 is 2.25 bits per heavy atom. The quantitative estimate of drug-likeness (QED) is 0.408. The molecule has 0 heterocycles. The third-order valence-electron chi connectivity index (χ3n) is 0.957. The smallest absolute Gasteiger partial charge is 0.298 e. The normalized spacial score (nSPS) is 7.62. The first-order valence-electron chi connectivity index (χ1n) is 2.97. The van der Waals surface area contributed by atoms with Crippen LogP contribution in [-0.4, -0.2) is 0 Å². The Kier molecular flexibility index (Phi) is 5.73. The van der Waals surface area contributed by atoms with Crippen LogP contribution in [-0.2, 0) is 0 Å². The summed E-state index contributed by atoms with van der Waals surface area (Å²) in [6.45, 7) is 2.12. The second kappa shape index (κ2) is 6.29. The van der Waals surface area contributed by atoms with Crippen molar-refractivity contribution < 1.29 is 0 Å². The molecule has 0 saturated heterocycles. The molecular weight excluding hydrogens is 102 g/mol. The summed E-state index contributed by atoms with van der Waals surface area (Å²) < 4.78 is 0. The van der Waals surface area contributed by atoms with Crippen LogP contribution >= 0.6 is 0 Å². The van der Waals surface area contributed by atoms with Gasteiger partial charge in [-0.2, -0.15) is 0 Å². The summed E-state index contributed by atoms with van der Waals surface area (Å²) in [6.07, 6.45) is 4.11. The molecule has 0 fully saturated rings. The number of hydrogen-bond acceptors (Lipinski definition) is 1. The van der Waals surface area contributed by atoms with Crippen molar-refractivity contribution >= 4 is 0 Å². The van der Waals surface area contributed by atoms with Gasteiger partial charge in [-0.3, -0.25) is 0 Å². The van der Waals surface area contributed by atoms with Crippen molar-refractivity contribution in [3.63, 3.8) is 0 Å². The molecule has 0 N–H and O–H groups in total. The minimum absolute atomic E-state index is 0.720. The molecule has 2 heteroatoms. The molecule has 0 rings (SSSR count). The van der Waals surface area contributed by atoms with E-state index in [-0.39, 0.29) is 0 Å². The van der Waals surface area contributed by atoms with Gasteiger partial charge in [-0.1, -0.05) is 19.8 Å². The average Bonchev–Trinajstić information content (AvgIpc) is 1.81. The van der Waals surface area contributed by atoms with E-state index in [4.69, 9.17) is 0 Å². The summed E-state index contributed by atoms with van der Waals surface area (Å²) in [5.74, 6) is 0. The van der Waals surface area contributed by atoms with E-state index in [2.05, 4.69) is 18.0 Å². The fourth-order valence-corrected chi connectivity index (χ4v) is 0.500. The molecule has 0 unspecified atom stereocenters. The first-order valence-corrected chi connectivity index (χ1v) is 2.97. The zero-order valence-corrected chi connectivity index (χ0v) is 5.18. The largest absolute Gasteiger partial charge is 0.498 e. The zero-order chi connectivity index (χ0) is 6.24. The van der Waals surface area contributed by atoms with E-state index in [1.54, 1.807) is 0 Å². The van der Waals surface area contributed by atoms with E-state index in [1.165, 1.54) is 12.8 Å². The summed E-state index contributed by atoms with van der Waals surface area (Å²) in [4.78, 5) is 0. The Hall–Kier alpha value is -0.710. The van der Waals surface area contributed by atoms with Crippen LogP contribution in [0.4, 0.5) is 0 Å². The molecule has 0 spiro atoms. The van der Waals surface area contributed by atoms with Crippen LogP contribution in [0.25, 0.3) is 5.01 Å². The maximum Gasteiger partial charge on any atom is 0.298 e. The minimum atomic E-state index is 0.720. The Morgan fingerprint density at radius 1 is 1.50 bits per heavy atom. The highest BCUT2D eigenvalue weighted by atomic mass is 16.4. The fourth-order valence-electron chi connectivity index (χ4n) is 0.500. The topological polar surface area (TPSA) is 27.4 Å². The third-order valence-corrected chi connectivity index (χ3v) is 0.957. The van der Waals surface area contributed by atoms with Crippen LogP contribution in [0.15, 0.2) is 0 Å². The van der Waals surface area contributed by atoms with Crippen molar-refractivity contribution in [3.05, 3.63) is 10.2 Å². The van der Waals surface area contributed by atoms with E-state index in [0.717, 1.165) is 12.8 Å². The Bertz CT molecular complexity index is 90.4. The Balaban J connectivity index is 2.79. The van der Waals surface area contributed by atoms with Gasteiger partial charge in [0, 0.05) is 5.01 Å². The standard InChI is InChI=1S/C6H11NO/c1-2-3-4-5-6-7-8/h2-5H2,1H3. The van der Waals surface area contributed by atoms with Crippen LogP contribution in [0, 0.1) is 11.3 Å². The van der Waals surface area contributed by atoms with Crippen molar-refractivity contribution in [2.24, 2.45) is 0 Å². The van der Waals surface area contributed by atoms with Crippen LogP contribution in [0.2, 0.25) is 0 Å². The van der Waals surface area contributed by atoms with Gasteiger partial charge < -0.3 is 5.21 Å². The van der Waals surface area contributed by atoms with Gasteiger partial charge in [0.1, 0.15) is 0 Å². The predicted molar refractivity (Wildman–Crippen MR) is 34.8 cm³/mol. The van der Waals surface area contributed by atoms with E-state index < -0.39 is 0 Å². The number of nitrogens with zero attached hydrogens (tertiary/aromatic N) is 1. The number of hydrogen-bond donors (Lipinski definition) is 0. The molecule has 0 aromatic heterocycles. The molecule has 0 radical (unpaired) electrons. The van der Waals surface area contributed by atoms with Crippen molar-refractivity contribution in [3.8, 4) is 6.07 Å². The summed E-state index contributed by atoms with van der Waals surface area (Å²) >= 11 is 0. The lowest BCUT2D eigenvalue weighted by atomic mass is 10.2. The molecule has 8 heavy (non-hydrogen) atoms. The Labute approximate surface area is 49.9 Å². The van der Waals surface area contributed by atoms with E-state index in [9.17, 15) is 5.21 Å². The summed E-state index contributed by atoms with van der Waals surface area (Å²) in [5.41, 5.74) is 0. The van der Waals surface area contributed by atoms with Gasteiger partial charge in [-0.05, 0) is 6.42 Å². The maximum atomic E-state index is 9.41.